The van der Waals surface area contributed by atoms with Crippen LogP contribution in [0.2, 0.25) is 0 Å². The Hall–Kier alpha value is -2.72. The monoisotopic (exact) mass is 346 g/mol. The van der Waals surface area contributed by atoms with E-state index in [-0.39, 0.29) is 6.04 Å². The van der Waals surface area contributed by atoms with Crippen molar-refractivity contribution < 1.29 is 9.90 Å². The van der Waals surface area contributed by atoms with Gasteiger partial charge in [-0.1, -0.05) is 42.5 Å². The standard InChI is InChI=1S/C22H22N2O2/c1-15-8-11-19(23-14-15)21(24-12-4-7-20(24)22(25)26)18-10-9-16-5-2-3-6-17(16)13-18/h2-3,5-6,8-11,13-14,20-21H,4,7,12H2,1H3,(H,25,26). The van der Waals surface area contributed by atoms with E-state index in [0.717, 1.165) is 35.2 Å². The lowest BCUT2D eigenvalue weighted by Gasteiger charge is -2.31. The average molecular weight is 346 g/mol. The predicted octanol–water partition coefficient (Wildman–Crippen LogP) is 4.18. The molecule has 0 bridgehead atoms. The third-order valence-electron chi connectivity index (χ3n) is 5.21. The Kier molecular flexibility index (Phi) is 4.43. The molecular weight excluding hydrogens is 324 g/mol. The first kappa shape index (κ1) is 16.7. The van der Waals surface area contributed by atoms with Gasteiger partial charge in [0.15, 0.2) is 0 Å². The van der Waals surface area contributed by atoms with Gasteiger partial charge in [0.1, 0.15) is 6.04 Å². The Balaban J connectivity index is 1.83. The van der Waals surface area contributed by atoms with Gasteiger partial charge in [-0.15, -0.1) is 0 Å². The number of carbonyl (C=O) groups is 1. The van der Waals surface area contributed by atoms with Crippen LogP contribution in [-0.2, 0) is 4.79 Å². The van der Waals surface area contributed by atoms with E-state index in [9.17, 15) is 9.90 Å². The number of fused-ring (bicyclic) bond motifs is 1. The highest BCUT2D eigenvalue weighted by molar-refractivity contribution is 5.83. The fourth-order valence-corrected chi connectivity index (χ4v) is 3.91. The number of pyridine rings is 1. The Labute approximate surface area is 153 Å². The number of benzene rings is 2. The van der Waals surface area contributed by atoms with Crippen LogP contribution >= 0.6 is 0 Å². The van der Waals surface area contributed by atoms with Gasteiger partial charge >= 0.3 is 5.97 Å². The van der Waals surface area contributed by atoms with Gasteiger partial charge in [0.05, 0.1) is 11.7 Å². The van der Waals surface area contributed by atoms with Crippen molar-refractivity contribution in [2.75, 3.05) is 6.54 Å². The van der Waals surface area contributed by atoms with Gasteiger partial charge < -0.3 is 5.11 Å². The van der Waals surface area contributed by atoms with Crippen LogP contribution in [0, 0.1) is 6.92 Å². The van der Waals surface area contributed by atoms with E-state index in [2.05, 4.69) is 40.2 Å². The summed E-state index contributed by atoms with van der Waals surface area (Å²) in [4.78, 5) is 18.5. The molecule has 4 heteroatoms. The quantitative estimate of drug-likeness (QED) is 0.770. The summed E-state index contributed by atoms with van der Waals surface area (Å²) in [7, 11) is 0. The number of nitrogens with zero attached hydrogens (tertiary/aromatic N) is 2. The molecule has 1 aliphatic rings. The maximum Gasteiger partial charge on any atom is 0.320 e. The third-order valence-corrected chi connectivity index (χ3v) is 5.21. The van der Waals surface area contributed by atoms with Crippen molar-refractivity contribution in [3.63, 3.8) is 0 Å². The lowest BCUT2D eigenvalue weighted by molar-refractivity contribution is -0.142. The smallest absolute Gasteiger partial charge is 0.320 e. The maximum atomic E-state index is 11.8. The number of aliphatic carboxylic acids is 1. The number of hydrogen-bond acceptors (Lipinski definition) is 3. The largest absolute Gasteiger partial charge is 0.480 e. The summed E-state index contributed by atoms with van der Waals surface area (Å²) < 4.78 is 0. The van der Waals surface area contributed by atoms with Crippen molar-refractivity contribution in [1.29, 1.82) is 0 Å². The molecule has 0 amide bonds. The fourth-order valence-electron chi connectivity index (χ4n) is 3.91. The first-order valence-corrected chi connectivity index (χ1v) is 9.03. The average Bonchev–Trinajstić information content (AvgIpc) is 3.13. The first-order chi connectivity index (χ1) is 12.6. The van der Waals surface area contributed by atoms with Gasteiger partial charge in [-0.2, -0.15) is 0 Å². The number of aryl methyl sites for hydroxylation is 1. The second-order valence-electron chi connectivity index (χ2n) is 7.00. The second-order valence-corrected chi connectivity index (χ2v) is 7.00. The molecule has 132 valence electrons. The van der Waals surface area contributed by atoms with Crippen molar-refractivity contribution in [2.24, 2.45) is 0 Å². The summed E-state index contributed by atoms with van der Waals surface area (Å²) in [6.07, 6.45) is 3.44. The summed E-state index contributed by atoms with van der Waals surface area (Å²) in [5, 5.41) is 12.0. The molecule has 1 N–H and O–H groups in total. The molecule has 0 aliphatic carbocycles. The number of carboxylic acid groups (broad SMARTS) is 1. The zero-order chi connectivity index (χ0) is 18.1. The molecule has 3 aromatic rings. The van der Waals surface area contributed by atoms with Crippen LogP contribution in [0.4, 0.5) is 0 Å². The van der Waals surface area contributed by atoms with Gasteiger partial charge in [-0.3, -0.25) is 14.7 Å². The highest BCUT2D eigenvalue weighted by Crippen LogP contribution is 2.35. The van der Waals surface area contributed by atoms with E-state index in [1.807, 2.05) is 37.4 Å². The molecule has 0 radical (unpaired) electrons. The third kappa shape index (κ3) is 3.08. The number of rotatable bonds is 4. The summed E-state index contributed by atoms with van der Waals surface area (Å²) in [5.74, 6) is -0.750. The molecule has 2 heterocycles. The van der Waals surface area contributed by atoms with Crippen LogP contribution in [0.25, 0.3) is 10.8 Å². The normalized spacial score (nSPS) is 18.9. The molecule has 1 fully saturated rings. The molecule has 0 spiro atoms. The van der Waals surface area contributed by atoms with Gasteiger partial charge in [0, 0.05) is 12.7 Å². The molecule has 1 aliphatic heterocycles. The molecule has 2 atom stereocenters. The molecule has 1 aromatic heterocycles. The SMILES string of the molecule is Cc1ccc(C(c2ccc3ccccc3c2)N2CCCC2C(=O)O)nc1. The van der Waals surface area contributed by atoms with Crippen LogP contribution in [0.1, 0.15) is 35.7 Å². The Morgan fingerprint density at radius 1 is 1.15 bits per heavy atom. The number of aromatic nitrogens is 1. The first-order valence-electron chi connectivity index (χ1n) is 9.03. The minimum absolute atomic E-state index is 0.149. The van der Waals surface area contributed by atoms with Crippen LogP contribution < -0.4 is 0 Å². The summed E-state index contributed by atoms with van der Waals surface area (Å²) in [5.41, 5.74) is 3.09. The zero-order valence-electron chi connectivity index (χ0n) is 14.8. The summed E-state index contributed by atoms with van der Waals surface area (Å²) >= 11 is 0. The van der Waals surface area contributed by atoms with Crippen LogP contribution in [0.15, 0.2) is 60.8 Å². The maximum absolute atomic E-state index is 11.8. The van der Waals surface area contributed by atoms with Gasteiger partial charge in [-0.25, -0.2) is 0 Å². The Morgan fingerprint density at radius 3 is 2.69 bits per heavy atom. The summed E-state index contributed by atoms with van der Waals surface area (Å²) in [6.45, 7) is 2.78. The fraction of sp³-hybridized carbons (Fsp3) is 0.273. The van der Waals surface area contributed by atoms with Crippen LogP contribution in [-0.4, -0.2) is 33.5 Å². The molecule has 0 saturated carbocycles. The molecule has 2 aromatic carbocycles. The highest BCUT2D eigenvalue weighted by Gasteiger charge is 2.37. The predicted molar refractivity (Wildman–Crippen MR) is 102 cm³/mol. The van der Waals surface area contributed by atoms with E-state index < -0.39 is 12.0 Å². The Morgan fingerprint density at radius 2 is 1.96 bits per heavy atom. The van der Waals surface area contributed by atoms with E-state index >= 15 is 0 Å². The molecular formula is C22H22N2O2. The van der Waals surface area contributed by atoms with Crippen LogP contribution in [0.3, 0.4) is 0 Å². The number of likely N-dealkylation sites (tertiary alicyclic amines) is 1. The zero-order valence-corrected chi connectivity index (χ0v) is 14.8. The molecule has 26 heavy (non-hydrogen) atoms. The topological polar surface area (TPSA) is 53.4 Å². The van der Waals surface area contributed by atoms with Crippen molar-refractivity contribution in [2.45, 2.75) is 31.8 Å². The lowest BCUT2D eigenvalue weighted by atomic mass is 9.97. The number of hydrogen-bond donors (Lipinski definition) is 1. The number of carboxylic acids is 1. The van der Waals surface area contributed by atoms with Crippen molar-refractivity contribution >= 4 is 16.7 Å². The van der Waals surface area contributed by atoms with E-state index in [1.165, 1.54) is 5.39 Å². The Bertz CT molecular complexity index is 936. The van der Waals surface area contributed by atoms with Gasteiger partial charge in [0.2, 0.25) is 0 Å². The van der Waals surface area contributed by atoms with Crippen molar-refractivity contribution in [3.05, 3.63) is 77.6 Å². The van der Waals surface area contributed by atoms with Gasteiger partial charge in [-0.05, 0) is 53.8 Å². The summed E-state index contributed by atoms with van der Waals surface area (Å²) in [6, 6.07) is 18.1. The minimum atomic E-state index is -0.750. The van der Waals surface area contributed by atoms with Gasteiger partial charge in [0.25, 0.3) is 0 Å². The lowest BCUT2D eigenvalue weighted by Crippen LogP contribution is -2.39. The molecule has 2 unspecified atom stereocenters. The second kappa shape index (κ2) is 6.89. The highest BCUT2D eigenvalue weighted by atomic mass is 16.4. The van der Waals surface area contributed by atoms with Crippen molar-refractivity contribution in [1.82, 2.24) is 9.88 Å². The van der Waals surface area contributed by atoms with Crippen LogP contribution in [0.5, 0.6) is 0 Å². The minimum Gasteiger partial charge on any atom is -0.480 e. The molecule has 4 nitrogen and oxygen atoms in total. The van der Waals surface area contributed by atoms with E-state index in [1.54, 1.807) is 0 Å². The molecule has 1 saturated heterocycles. The van der Waals surface area contributed by atoms with E-state index in [0.29, 0.717) is 6.42 Å². The molecule has 4 rings (SSSR count). The van der Waals surface area contributed by atoms with E-state index in [4.69, 9.17) is 0 Å². The van der Waals surface area contributed by atoms with Crippen molar-refractivity contribution in [3.8, 4) is 0 Å².